The van der Waals surface area contributed by atoms with Crippen LogP contribution in [0.15, 0.2) is 0 Å². The number of carbonyl (C=O) groups is 1. The number of hydrogen-bond acceptors (Lipinski definition) is 3. The summed E-state index contributed by atoms with van der Waals surface area (Å²) in [7, 11) is 0. The van der Waals surface area contributed by atoms with Gasteiger partial charge in [0.2, 0.25) is 0 Å². The Morgan fingerprint density at radius 2 is 2.25 bits per heavy atom. The number of nitrogens with zero attached hydrogens (tertiary/aromatic N) is 2. The fraction of sp³-hybridized carbons (Fsp3) is 0.500. The number of carbonyl (C=O) groups excluding carboxylic acids is 1. The van der Waals surface area contributed by atoms with E-state index in [4.69, 9.17) is 0 Å². The molecule has 0 spiro atoms. The van der Waals surface area contributed by atoms with Crippen LogP contribution in [0.1, 0.15) is 46.5 Å². The zero-order valence-electron chi connectivity index (χ0n) is 9.32. The van der Waals surface area contributed by atoms with E-state index in [1.54, 1.807) is 11.3 Å². The Kier molecular flexibility index (Phi) is 2.32. The van der Waals surface area contributed by atoms with E-state index in [2.05, 4.69) is 9.38 Å². The lowest BCUT2D eigenvalue weighted by Crippen LogP contribution is -2.05. The summed E-state index contributed by atoms with van der Waals surface area (Å²) >= 11 is 1.76. The first-order chi connectivity index (χ1) is 7.85. The average molecular weight is 234 g/mol. The van der Waals surface area contributed by atoms with E-state index in [0.29, 0.717) is 0 Å². The van der Waals surface area contributed by atoms with Crippen LogP contribution in [0.3, 0.4) is 0 Å². The Labute approximate surface area is 98.1 Å². The quantitative estimate of drug-likeness (QED) is 0.749. The molecule has 0 unspecified atom stereocenters. The third kappa shape index (κ3) is 1.26. The van der Waals surface area contributed by atoms with E-state index in [1.165, 1.54) is 23.4 Å². The summed E-state index contributed by atoms with van der Waals surface area (Å²) in [5.74, 6) is 0. The Morgan fingerprint density at radius 3 is 3.00 bits per heavy atom. The van der Waals surface area contributed by atoms with Crippen LogP contribution in [0, 0.1) is 0 Å². The third-order valence-corrected chi connectivity index (χ3v) is 4.42. The number of aromatic nitrogens is 2. The topological polar surface area (TPSA) is 34.4 Å². The Bertz CT molecular complexity index is 553. The Morgan fingerprint density at radius 1 is 1.44 bits per heavy atom. The molecule has 3 rings (SSSR count). The number of rotatable bonds is 2. The number of aryl methyl sites for hydroxylation is 3. The molecular formula is C12H14N2OS. The van der Waals surface area contributed by atoms with Crippen molar-refractivity contribution in [1.82, 2.24) is 9.38 Å². The highest BCUT2D eigenvalue weighted by Gasteiger charge is 2.21. The van der Waals surface area contributed by atoms with Gasteiger partial charge >= 0.3 is 0 Å². The summed E-state index contributed by atoms with van der Waals surface area (Å²) in [6.45, 7) is 2.05. The third-order valence-electron chi connectivity index (χ3n) is 3.28. The molecule has 0 N–H and O–H groups in total. The summed E-state index contributed by atoms with van der Waals surface area (Å²) in [5, 5.41) is 0. The van der Waals surface area contributed by atoms with Crippen LogP contribution < -0.4 is 0 Å². The molecule has 1 aliphatic rings. The molecule has 0 aromatic carbocycles. The normalized spacial score (nSPS) is 15.3. The first kappa shape index (κ1) is 10.0. The van der Waals surface area contributed by atoms with Crippen LogP contribution in [0.5, 0.6) is 0 Å². The van der Waals surface area contributed by atoms with Crippen LogP contribution in [0.2, 0.25) is 0 Å². The molecule has 0 saturated carbocycles. The molecule has 2 heterocycles. The molecule has 3 nitrogen and oxygen atoms in total. The molecule has 16 heavy (non-hydrogen) atoms. The predicted octanol–water partition coefficient (Wildman–Crippen LogP) is 2.65. The highest BCUT2D eigenvalue weighted by Crippen LogP contribution is 2.31. The van der Waals surface area contributed by atoms with Crippen molar-refractivity contribution in [2.75, 3.05) is 0 Å². The summed E-state index contributed by atoms with van der Waals surface area (Å²) in [6, 6.07) is 0. The molecule has 0 amide bonds. The largest absolute Gasteiger partial charge is 0.296 e. The zero-order chi connectivity index (χ0) is 11.1. The van der Waals surface area contributed by atoms with Gasteiger partial charge in [0, 0.05) is 10.6 Å². The van der Waals surface area contributed by atoms with Gasteiger partial charge in [-0.3, -0.25) is 9.20 Å². The summed E-state index contributed by atoms with van der Waals surface area (Å²) in [5.41, 5.74) is 3.05. The van der Waals surface area contributed by atoms with Gasteiger partial charge in [-0.15, -0.1) is 11.3 Å². The lowest BCUT2D eigenvalue weighted by atomic mass is 10.0. The van der Waals surface area contributed by atoms with E-state index in [1.807, 2.05) is 6.92 Å². The Hall–Kier alpha value is -1.16. The molecule has 0 fully saturated rings. The standard InChI is InChI=1S/C12H14N2OS/c1-2-8-10(7-15)14-9-5-3-4-6-11(9)16-12(14)13-8/h7H,2-6H2,1H3. The van der Waals surface area contributed by atoms with Crippen molar-refractivity contribution in [1.29, 1.82) is 0 Å². The average Bonchev–Trinajstić information content (AvgIpc) is 2.83. The SMILES string of the molecule is CCc1nc2sc3c(n2c1C=O)CCCC3. The monoisotopic (exact) mass is 234 g/mol. The van der Waals surface area contributed by atoms with E-state index < -0.39 is 0 Å². The maximum absolute atomic E-state index is 11.2. The van der Waals surface area contributed by atoms with Crippen molar-refractivity contribution in [3.8, 4) is 0 Å². The molecule has 0 radical (unpaired) electrons. The van der Waals surface area contributed by atoms with Crippen LogP contribution in [0.4, 0.5) is 0 Å². The first-order valence-corrected chi connectivity index (χ1v) is 6.63. The molecule has 1 aliphatic carbocycles. The maximum Gasteiger partial charge on any atom is 0.194 e. The zero-order valence-corrected chi connectivity index (χ0v) is 10.1. The van der Waals surface area contributed by atoms with Crippen LogP contribution >= 0.6 is 11.3 Å². The second kappa shape index (κ2) is 3.70. The van der Waals surface area contributed by atoms with Crippen LogP contribution in [-0.2, 0) is 19.3 Å². The maximum atomic E-state index is 11.2. The number of imidazole rings is 1. The number of hydrogen-bond donors (Lipinski definition) is 0. The lowest BCUT2D eigenvalue weighted by Gasteiger charge is -2.10. The summed E-state index contributed by atoms with van der Waals surface area (Å²) < 4.78 is 2.09. The van der Waals surface area contributed by atoms with Crippen molar-refractivity contribution in [3.05, 3.63) is 22.0 Å². The van der Waals surface area contributed by atoms with E-state index in [0.717, 1.165) is 41.9 Å². The van der Waals surface area contributed by atoms with Gasteiger partial charge in [-0.05, 0) is 32.1 Å². The smallest absolute Gasteiger partial charge is 0.194 e. The highest BCUT2D eigenvalue weighted by atomic mass is 32.1. The minimum absolute atomic E-state index is 0.775. The van der Waals surface area contributed by atoms with Gasteiger partial charge in [0.25, 0.3) is 0 Å². The van der Waals surface area contributed by atoms with Crippen molar-refractivity contribution < 1.29 is 4.79 Å². The number of aldehydes is 1. The summed E-state index contributed by atoms with van der Waals surface area (Å²) in [6.07, 6.45) is 6.54. The van der Waals surface area contributed by atoms with Gasteiger partial charge in [0.15, 0.2) is 11.2 Å². The summed E-state index contributed by atoms with van der Waals surface area (Å²) in [4.78, 5) is 18.2. The lowest BCUT2D eigenvalue weighted by molar-refractivity contribution is 0.111. The minimum atomic E-state index is 0.775. The van der Waals surface area contributed by atoms with Gasteiger partial charge in [-0.25, -0.2) is 4.98 Å². The van der Waals surface area contributed by atoms with Gasteiger partial charge in [-0.2, -0.15) is 0 Å². The molecule has 2 aromatic heterocycles. The van der Waals surface area contributed by atoms with Gasteiger partial charge in [0.05, 0.1) is 5.69 Å². The van der Waals surface area contributed by atoms with Crippen LogP contribution in [0.25, 0.3) is 4.96 Å². The molecule has 0 saturated heterocycles. The molecule has 0 atom stereocenters. The fourth-order valence-corrected chi connectivity index (χ4v) is 3.72. The minimum Gasteiger partial charge on any atom is -0.296 e. The van der Waals surface area contributed by atoms with E-state index in [-0.39, 0.29) is 0 Å². The first-order valence-electron chi connectivity index (χ1n) is 5.82. The van der Waals surface area contributed by atoms with Crippen molar-refractivity contribution in [3.63, 3.8) is 0 Å². The molecule has 0 aliphatic heterocycles. The predicted molar refractivity (Wildman–Crippen MR) is 64.5 cm³/mol. The highest BCUT2D eigenvalue weighted by molar-refractivity contribution is 7.17. The second-order valence-electron chi connectivity index (χ2n) is 4.21. The molecule has 4 heteroatoms. The van der Waals surface area contributed by atoms with Crippen molar-refractivity contribution in [2.45, 2.75) is 39.0 Å². The van der Waals surface area contributed by atoms with Gasteiger partial charge < -0.3 is 0 Å². The second-order valence-corrected chi connectivity index (χ2v) is 5.27. The Balaban J connectivity index is 2.31. The van der Waals surface area contributed by atoms with Gasteiger partial charge in [-0.1, -0.05) is 6.92 Å². The van der Waals surface area contributed by atoms with E-state index in [9.17, 15) is 4.79 Å². The number of fused-ring (bicyclic) bond motifs is 3. The van der Waals surface area contributed by atoms with Crippen molar-refractivity contribution >= 4 is 22.6 Å². The van der Waals surface area contributed by atoms with Crippen molar-refractivity contribution in [2.24, 2.45) is 0 Å². The van der Waals surface area contributed by atoms with Gasteiger partial charge in [0.1, 0.15) is 5.69 Å². The number of thiazole rings is 1. The fourth-order valence-electron chi connectivity index (χ4n) is 2.48. The molecule has 2 aromatic rings. The molecular weight excluding hydrogens is 220 g/mol. The van der Waals surface area contributed by atoms with E-state index >= 15 is 0 Å². The van der Waals surface area contributed by atoms with Crippen LogP contribution in [-0.4, -0.2) is 15.7 Å². The molecule has 84 valence electrons. The molecule has 0 bridgehead atoms.